The van der Waals surface area contributed by atoms with E-state index in [0.29, 0.717) is 12.4 Å². The van der Waals surface area contributed by atoms with Crippen molar-refractivity contribution < 1.29 is 19.1 Å². The number of likely N-dealkylation sites (N-methyl/N-ethyl adjacent to an activating group) is 1. The van der Waals surface area contributed by atoms with Gasteiger partial charge in [0.05, 0.1) is 11.5 Å². The lowest BCUT2D eigenvalue weighted by atomic mass is 9.67. The molecule has 2 saturated heterocycles. The lowest BCUT2D eigenvalue weighted by molar-refractivity contribution is -0.265. The van der Waals surface area contributed by atoms with Crippen LogP contribution in [0.15, 0.2) is 6.33 Å². The third-order valence-electron chi connectivity index (χ3n) is 9.03. The second-order valence-corrected chi connectivity index (χ2v) is 11.3. The molecular formula is C27H40N6O4. The molecule has 4 fully saturated rings. The second-order valence-electron chi connectivity index (χ2n) is 11.3. The fourth-order valence-electron chi connectivity index (χ4n) is 7.33. The number of anilines is 2. The van der Waals surface area contributed by atoms with Gasteiger partial charge in [0.1, 0.15) is 30.3 Å². The van der Waals surface area contributed by atoms with Crippen molar-refractivity contribution in [2.75, 3.05) is 23.3 Å². The molecule has 4 heterocycles. The average molecular weight is 513 g/mol. The van der Waals surface area contributed by atoms with Gasteiger partial charge < -0.3 is 25.0 Å². The summed E-state index contributed by atoms with van der Waals surface area (Å²) in [5, 5.41) is 9.06. The number of hydrogen-bond acceptors (Lipinski definition) is 7. The fourth-order valence-corrected chi connectivity index (χ4v) is 7.33. The summed E-state index contributed by atoms with van der Waals surface area (Å²) in [6.45, 7) is 3.26. The maximum absolute atomic E-state index is 12.9. The molecule has 2 saturated carbocycles. The van der Waals surface area contributed by atoms with E-state index in [1.165, 1.54) is 19.2 Å². The molecule has 0 aromatic carbocycles. The summed E-state index contributed by atoms with van der Waals surface area (Å²) in [6.07, 6.45) is 13.2. The van der Waals surface area contributed by atoms with E-state index in [4.69, 9.17) is 9.47 Å². The van der Waals surface area contributed by atoms with Gasteiger partial charge in [-0.1, -0.05) is 38.5 Å². The Morgan fingerprint density at radius 1 is 1.08 bits per heavy atom. The van der Waals surface area contributed by atoms with Crippen molar-refractivity contribution in [3.63, 3.8) is 0 Å². The van der Waals surface area contributed by atoms with E-state index in [0.717, 1.165) is 82.1 Å². The Bertz CT molecular complexity index is 1010. The summed E-state index contributed by atoms with van der Waals surface area (Å²) in [6, 6.07) is 0.0233. The monoisotopic (exact) mass is 512 g/mol. The van der Waals surface area contributed by atoms with Crippen molar-refractivity contribution in [1.29, 1.82) is 0 Å². The van der Waals surface area contributed by atoms with Gasteiger partial charge in [0.15, 0.2) is 6.10 Å². The van der Waals surface area contributed by atoms with E-state index in [1.807, 2.05) is 6.92 Å². The highest BCUT2D eigenvalue weighted by Gasteiger charge is 2.68. The molecular weight excluding hydrogens is 472 g/mol. The first-order valence-corrected chi connectivity index (χ1v) is 14.4. The number of ether oxygens (including phenoxy) is 2. The quantitative estimate of drug-likeness (QED) is 0.554. The molecule has 4 atom stereocenters. The predicted molar refractivity (Wildman–Crippen MR) is 138 cm³/mol. The molecule has 2 aliphatic carbocycles. The van der Waals surface area contributed by atoms with E-state index in [1.54, 1.807) is 0 Å². The van der Waals surface area contributed by atoms with Gasteiger partial charge in [-0.25, -0.2) is 14.8 Å². The second kappa shape index (κ2) is 10.4. The molecule has 1 spiro atoms. The summed E-state index contributed by atoms with van der Waals surface area (Å²) in [7, 11) is 0. The minimum Gasteiger partial charge on any atom is -0.367 e. The number of carbonyl (C=O) groups is 2. The van der Waals surface area contributed by atoms with Gasteiger partial charge in [0, 0.05) is 24.7 Å². The van der Waals surface area contributed by atoms with Crippen LogP contribution in [0.25, 0.3) is 0 Å². The molecule has 202 valence electrons. The molecule has 6 rings (SSSR count). The van der Waals surface area contributed by atoms with Gasteiger partial charge in [-0.15, -0.1) is 0 Å². The van der Waals surface area contributed by atoms with E-state index >= 15 is 0 Å². The molecule has 10 nitrogen and oxygen atoms in total. The lowest BCUT2D eigenvalue weighted by Gasteiger charge is -2.56. The van der Waals surface area contributed by atoms with Crippen LogP contribution in [0.2, 0.25) is 0 Å². The third-order valence-corrected chi connectivity index (χ3v) is 9.03. The Morgan fingerprint density at radius 3 is 2.65 bits per heavy atom. The minimum atomic E-state index is -0.617. The summed E-state index contributed by atoms with van der Waals surface area (Å²) in [5.74, 6) is 1.38. The molecule has 4 unspecified atom stereocenters. The van der Waals surface area contributed by atoms with Crippen LogP contribution in [-0.4, -0.2) is 65.1 Å². The van der Waals surface area contributed by atoms with Gasteiger partial charge in [0.2, 0.25) is 0 Å². The number of carbonyl (C=O) groups excluding carboxylic acids is 2. The smallest absolute Gasteiger partial charge is 0.320 e. The van der Waals surface area contributed by atoms with Crippen molar-refractivity contribution in [3.05, 3.63) is 11.9 Å². The summed E-state index contributed by atoms with van der Waals surface area (Å²) >= 11 is 0. The van der Waals surface area contributed by atoms with Crippen molar-refractivity contribution in [1.82, 2.24) is 20.6 Å². The van der Waals surface area contributed by atoms with Gasteiger partial charge >= 0.3 is 6.03 Å². The molecule has 1 aromatic rings. The van der Waals surface area contributed by atoms with Crippen molar-refractivity contribution >= 4 is 23.6 Å². The fraction of sp³-hybridized carbons (Fsp3) is 0.778. The van der Waals surface area contributed by atoms with Crippen LogP contribution >= 0.6 is 0 Å². The molecule has 3 amide bonds. The topological polar surface area (TPSA) is 118 Å². The molecule has 0 bridgehead atoms. The number of amides is 3. The van der Waals surface area contributed by atoms with Crippen LogP contribution in [0.4, 0.5) is 16.4 Å². The zero-order valence-corrected chi connectivity index (χ0v) is 21.8. The molecule has 37 heavy (non-hydrogen) atoms. The van der Waals surface area contributed by atoms with E-state index < -0.39 is 6.10 Å². The first kappa shape index (κ1) is 24.9. The van der Waals surface area contributed by atoms with Crippen LogP contribution in [0.3, 0.4) is 0 Å². The van der Waals surface area contributed by atoms with Crippen LogP contribution in [-0.2, 0) is 20.7 Å². The molecule has 1 aromatic heterocycles. The minimum absolute atomic E-state index is 0.104. The first-order chi connectivity index (χ1) is 18.1. The zero-order chi connectivity index (χ0) is 25.4. The van der Waals surface area contributed by atoms with Crippen LogP contribution in [0.5, 0.6) is 0 Å². The van der Waals surface area contributed by atoms with Crippen LogP contribution in [0.1, 0.15) is 83.1 Å². The Morgan fingerprint density at radius 2 is 1.86 bits per heavy atom. The standard InChI is InChI=1S/C27H40N6O4/c1-2-28-24(34)21-20-19(27(37-20)13-7-4-8-14-27)25(36-21)33-15-9-12-18-22(29-16-30-23(18)33)32-26(35)31-17-10-5-3-6-11-17/h16-17,19-21,25H,2-15H2,1H3,(H,28,34)(H2,29,30,31,32,35). The van der Waals surface area contributed by atoms with Gasteiger partial charge in [-0.05, 0) is 45.4 Å². The Labute approximate surface area is 218 Å². The normalized spacial score (nSPS) is 30.7. The number of urea groups is 1. The predicted octanol–water partition coefficient (Wildman–Crippen LogP) is 3.26. The van der Waals surface area contributed by atoms with Crippen molar-refractivity contribution in [3.8, 4) is 0 Å². The van der Waals surface area contributed by atoms with Gasteiger partial charge in [0.25, 0.3) is 5.91 Å². The van der Waals surface area contributed by atoms with Gasteiger partial charge in [-0.3, -0.25) is 10.1 Å². The van der Waals surface area contributed by atoms with Gasteiger partial charge in [-0.2, -0.15) is 0 Å². The van der Waals surface area contributed by atoms with E-state index in [9.17, 15) is 9.59 Å². The SMILES string of the molecule is CCNC(=O)C1OC(N2CCCc3c(NC(=O)NC4CCCCC4)ncnc32)C2C1OC21CCCCC1. The first-order valence-electron chi connectivity index (χ1n) is 14.4. The van der Waals surface area contributed by atoms with Crippen LogP contribution < -0.4 is 20.9 Å². The van der Waals surface area contributed by atoms with E-state index in [2.05, 4.69) is 30.8 Å². The number of fused-ring (bicyclic) bond motifs is 3. The molecule has 10 heteroatoms. The number of hydrogen-bond donors (Lipinski definition) is 3. The highest BCUT2D eigenvalue weighted by Crippen LogP contribution is 2.57. The largest absolute Gasteiger partial charge is 0.367 e. The number of nitrogens with zero attached hydrogens (tertiary/aromatic N) is 3. The molecule has 3 N–H and O–H groups in total. The lowest BCUT2D eigenvalue weighted by Crippen LogP contribution is -2.66. The summed E-state index contributed by atoms with van der Waals surface area (Å²) in [5.41, 5.74) is 0.715. The zero-order valence-electron chi connectivity index (χ0n) is 21.8. The summed E-state index contributed by atoms with van der Waals surface area (Å²) < 4.78 is 13.1. The number of nitrogens with one attached hydrogen (secondary N) is 3. The number of rotatable bonds is 5. The van der Waals surface area contributed by atoms with Crippen LogP contribution in [0, 0.1) is 5.92 Å². The van der Waals surface area contributed by atoms with E-state index in [-0.39, 0.29) is 41.8 Å². The van der Waals surface area contributed by atoms with Crippen molar-refractivity contribution in [2.45, 2.75) is 114 Å². The maximum Gasteiger partial charge on any atom is 0.320 e. The maximum atomic E-state index is 12.9. The average Bonchev–Trinajstić information content (AvgIpc) is 3.24. The highest BCUT2D eigenvalue weighted by molar-refractivity contribution is 5.90. The Hall–Kier alpha value is -2.46. The molecule has 5 aliphatic rings. The Balaban J connectivity index is 1.24. The highest BCUT2D eigenvalue weighted by atomic mass is 16.6. The molecule has 0 radical (unpaired) electrons. The third kappa shape index (κ3) is 4.56. The summed E-state index contributed by atoms with van der Waals surface area (Å²) in [4.78, 5) is 37.0. The van der Waals surface area contributed by atoms with Crippen molar-refractivity contribution in [2.24, 2.45) is 5.92 Å². The molecule has 3 aliphatic heterocycles. The Kier molecular flexibility index (Phi) is 6.96. The number of aromatic nitrogens is 2.